The van der Waals surface area contributed by atoms with Crippen molar-refractivity contribution in [3.05, 3.63) is 54.4 Å². The molecule has 0 N–H and O–H groups in total. The van der Waals surface area contributed by atoms with Crippen LogP contribution in [0.3, 0.4) is 0 Å². The van der Waals surface area contributed by atoms with Crippen LogP contribution in [-0.4, -0.2) is 29.2 Å². The Balaban J connectivity index is 2.01. The summed E-state index contributed by atoms with van der Waals surface area (Å²) < 4.78 is 40.5. The second-order valence-corrected chi connectivity index (χ2v) is 6.69. The van der Waals surface area contributed by atoms with E-state index in [1.165, 1.54) is 34.9 Å². The van der Waals surface area contributed by atoms with E-state index in [4.69, 9.17) is 0 Å². The minimum Gasteiger partial charge on any atom is -0.261 e. The van der Waals surface area contributed by atoms with Gasteiger partial charge in [-0.3, -0.25) is 9.97 Å². The molecule has 1 aliphatic heterocycles. The molecule has 0 aliphatic carbocycles. The minimum absolute atomic E-state index is 0.291. The van der Waals surface area contributed by atoms with Gasteiger partial charge < -0.3 is 0 Å². The highest BCUT2D eigenvalue weighted by Crippen LogP contribution is 2.35. The summed E-state index contributed by atoms with van der Waals surface area (Å²) in [5, 5.41) is 0. The van der Waals surface area contributed by atoms with Gasteiger partial charge in [0, 0.05) is 18.9 Å². The molecule has 2 aromatic rings. The first-order valence-electron chi connectivity index (χ1n) is 6.63. The zero-order valence-corrected chi connectivity index (χ0v) is 12.0. The molecule has 1 fully saturated rings. The lowest BCUT2D eigenvalue weighted by atomic mass is 10.2. The first-order valence-corrected chi connectivity index (χ1v) is 8.07. The Kier molecular flexibility index (Phi) is 3.69. The van der Waals surface area contributed by atoms with Crippen LogP contribution in [0.1, 0.15) is 24.6 Å². The van der Waals surface area contributed by atoms with E-state index in [0.717, 1.165) is 12.5 Å². The van der Waals surface area contributed by atoms with Crippen LogP contribution in [0.2, 0.25) is 0 Å². The molecule has 1 aromatic carbocycles. The van der Waals surface area contributed by atoms with Gasteiger partial charge in [-0.05, 0) is 25.0 Å². The summed E-state index contributed by atoms with van der Waals surface area (Å²) in [5.41, 5.74) is 0.593. The first kappa shape index (κ1) is 14.1. The molecule has 0 bridgehead atoms. The van der Waals surface area contributed by atoms with Gasteiger partial charge in [0.2, 0.25) is 10.0 Å². The summed E-state index contributed by atoms with van der Waals surface area (Å²) in [5.74, 6) is -0.734. The number of hydrogen-bond donors (Lipinski definition) is 0. The van der Waals surface area contributed by atoms with Crippen molar-refractivity contribution in [1.29, 1.82) is 0 Å². The Bertz CT molecular complexity index is 737. The number of rotatable bonds is 3. The van der Waals surface area contributed by atoms with Gasteiger partial charge in [0.05, 0.1) is 17.9 Å². The van der Waals surface area contributed by atoms with Crippen LogP contribution in [-0.2, 0) is 10.0 Å². The van der Waals surface area contributed by atoms with Crippen molar-refractivity contribution in [3.8, 4) is 0 Å². The molecule has 21 heavy (non-hydrogen) atoms. The lowest BCUT2D eigenvalue weighted by Crippen LogP contribution is -2.31. The SMILES string of the molecule is O=S(=O)(c1ccccc1F)N1CCCC1c1cnccn1. The van der Waals surface area contributed by atoms with Gasteiger partial charge in [-0.2, -0.15) is 4.31 Å². The molecule has 0 radical (unpaired) electrons. The van der Waals surface area contributed by atoms with E-state index in [9.17, 15) is 12.8 Å². The number of benzene rings is 1. The van der Waals surface area contributed by atoms with Gasteiger partial charge in [-0.25, -0.2) is 12.8 Å². The van der Waals surface area contributed by atoms with E-state index < -0.39 is 15.8 Å². The largest absolute Gasteiger partial charge is 0.261 e. The molecule has 7 heteroatoms. The van der Waals surface area contributed by atoms with Gasteiger partial charge in [0.25, 0.3) is 0 Å². The average Bonchev–Trinajstić information content (AvgIpc) is 2.99. The smallest absolute Gasteiger partial charge is 0.246 e. The third-order valence-corrected chi connectivity index (χ3v) is 5.49. The Hall–Kier alpha value is -1.86. The van der Waals surface area contributed by atoms with Crippen molar-refractivity contribution in [1.82, 2.24) is 14.3 Å². The first-order chi connectivity index (χ1) is 10.1. The predicted octanol–water partition coefficient (Wildman–Crippen LogP) is 2.14. The van der Waals surface area contributed by atoms with E-state index in [2.05, 4.69) is 9.97 Å². The molecule has 1 unspecified atom stereocenters. The third kappa shape index (κ3) is 2.54. The van der Waals surface area contributed by atoms with E-state index in [-0.39, 0.29) is 10.9 Å². The summed E-state index contributed by atoms with van der Waals surface area (Å²) in [6.45, 7) is 0.359. The van der Waals surface area contributed by atoms with Crippen molar-refractivity contribution < 1.29 is 12.8 Å². The normalized spacial score (nSPS) is 19.8. The maximum Gasteiger partial charge on any atom is 0.246 e. The molecule has 0 saturated carbocycles. The highest BCUT2D eigenvalue weighted by Gasteiger charge is 2.38. The molecule has 1 aromatic heterocycles. The Morgan fingerprint density at radius 3 is 2.76 bits per heavy atom. The lowest BCUT2D eigenvalue weighted by Gasteiger charge is -2.23. The molecule has 5 nitrogen and oxygen atoms in total. The van der Waals surface area contributed by atoms with Crippen molar-refractivity contribution in [2.24, 2.45) is 0 Å². The van der Waals surface area contributed by atoms with E-state index >= 15 is 0 Å². The Morgan fingerprint density at radius 2 is 2.05 bits per heavy atom. The van der Waals surface area contributed by atoms with Crippen molar-refractivity contribution in [2.45, 2.75) is 23.8 Å². The number of aromatic nitrogens is 2. The van der Waals surface area contributed by atoms with Crippen LogP contribution in [0, 0.1) is 5.82 Å². The van der Waals surface area contributed by atoms with Crippen molar-refractivity contribution in [2.75, 3.05) is 6.54 Å². The van der Waals surface area contributed by atoms with Gasteiger partial charge in [-0.1, -0.05) is 12.1 Å². The molecule has 1 aliphatic rings. The van der Waals surface area contributed by atoms with Crippen LogP contribution < -0.4 is 0 Å². The second kappa shape index (κ2) is 5.50. The highest BCUT2D eigenvalue weighted by molar-refractivity contribution is 7.89. The van der Waals surface area contributed by atoms with E-state index in [1.807, 2.05) is 0 Å². The molecule has 1 atom stereocenters. The fourth-order valence-corrected chi connectivity index (χ4v) is 4.32. The highest BCUT2D eigenvalue weighted by atomic mass is 32.2. The summed E-state index contributed by atoms with van der Waals surface area (Å²) in [7, 11) is -3.88. The van der Waals surface area contributed by atoms with Crippen LogP contribution in [0.25, 0.3) is 0 Å². The number of hydrogen-bond acceptors (Lipinski definition) is 4. The quantitative estimate of drug-likeness (QED) is 0.871. The van der Waals surface area contributed by atoms with Gasteiger partial charge in [-0.15, -0.1) is 0 Å². The average molecular weight is 307 g/mol. The third-order valence-electron chi connectivity index (χ3n) is 3.55. The fraction of sp³-hybridized carbons (Fsp3) is 0.286. The maximum atomic E-state index is 13.8. The maximum absolute atomic E-state index is 13.8. The van der Waals surface area contributed by atoms with Gasteiger partial charge in [0.1, 0.15) is 10.7 Å². The fourth-order valence-electron chi connectivity index (χ4n) is 2.59. The van der Waals surface area contributed by atoms with Crippen LogP contribution >= 0.6 is 0 Å². The molecule has 110 valence electrons. The predicted molar refractivity (Wildman–Crippen MR) is 74.3 cm³/mol. The molecule has 0 amide bonds. The molecular weight excluding hydrogens is 293 g/mol. The van der Waals surface area contributed by atoms with E-state index in [0.29, 0.717) is 18.7 Å². The van der Waals surface area contributed by atoms with Gasteiger partial charge >= 0.3 is 0 Å². The van der Waals surface area contributed by atoms with E-state index in [1.54, 1.807) is 6.20 Å². The summed E-state index contributed by atoms with van der Waals surface area (Å²) >= 11 is 0. The van der Waals surface area contributed by atoms with Crippen LogP contribution in [0.4, 0.5) is 4.39 Å². The second-order valence-electron chi connectivity index (χ2n) is 4.83. The molecule has 0 spiro atoms. The van der Waals surface area contributed by atoms with Gasteiger partial charge in [0.15, 0.2) is 0 Å². The Morgan fingerprint density at radius 1 is 1.24 bits per heavy atom. The number of sulfonamides is 1. The number of nitrogens with zero attached hydrogens (tertiary/aromatic N) is 3. The molecule has 1 saturated heterocycles. The van der Waals surface area contributed by atoms with Crippen molar-refractivity contribution in [3.63, 3.8) is 0 Å². The summed E-state index contributed by atoms with van der Waals surface area (Å²) in [4.78, 5) is 7.87. The molecular formula is C14H14FN3O2S. The monoisotopic (exact) mass is 307 g/mol. The molecule has 3 rings (SSSR count). The molecule has 2 heterocycles. The zero-order valence-electron chi connectivity index (χ0n) is 11.2. The standard InChI is InChI=1S/C14H14FN3O2S/c15-11-4-1-2-6-14(11)21(19,20)18-9-3-5-13(18)12-10-16-7-8-17-12/h1-2,4,6-8,10,13H,3,5,9H2. The number of halogens is 1. The van der Waals surface area contributed by atoms with Crippen molar-refractivity contribution >= 4 is 10.0 Å². The lowest BCUT2D eigenvalue weighted by molar-refractivity contribution is 0.387. The zero-order chi connectivity index (χ0) is 14.9. The minimum atomic E-state index is -3.88. The summed E-state index contributed by atoms with van der Waals surface area (Å²) in [6, 6.07) is 5.04. The van der Waals surface area contributed by atoms with Crippen LogP contribution in [0.15, 0.2) is 47.8 Å². The van der Waals surface area contributed by atoms with Crippen LogP contribution in [0.5, 0.6) is 0 Å². The Labute approximate surface area is 122 Å². The topological polar surface area (TPSA) is 63.2 Å². The summed E-state index contributed by atoms with van der Waals surface area (Å²) in [6.07, 6.45) is 6.00.